The van der Waals surface area contributed by atoms with Crippen LogP contribution < -0.4 is 10.1 Å². The van der Waals surface area contributed by atoms with Crippen molar-refractivity contribution < 1.29 is 9.53 Å². The predicted octanol–water partition coefficient (Wildman–Crippen LogP) is 1.19. The quantitative estimate of drug-likeness (QED) is 0.835. The van der Waals surface area contributed by atoms with E-state index in [0.717, 1.165) is 24.4 Å². The van der Waals surface area contributed by atoms with E-state index in [1.54, 1.807) is 7.11 Å². The zero-order valence-corrected chi connectivity index (χ0v) is 10.3. The standard InChI is InChI=1S/C13H18N2O2/c1-15-12(9-14-8-7-13(15)16)10-3-5-11(17-2)6-4-10/h3-6,12,14H,7-9H2,1-2H3. The van der Waals surface area contributed by atoms with E-state index in [9.17, 15) is 4.79 Å². The molecule has 1 aliphatic heterocycles. The van der Waals surface area contributed by atoms with Crippen molar-refractivity contribution in [2.24, 2.45) is 0 Å². The lowest BCUT2D eigenvalue weighted by Gasteiger charge is -2.26. The summed E-state index contributed by atoms with van der Waals surface area (Å²) in [4.78, 5) is 13.6. The van der Waals surface area contributed by atoms with Crippen molar-refractivity contribution in [2.75, 3.05) is 27.2 Å². The molecule has 4 nitrogen and oxygen atoms in total. The zero-order chi connectivity index (χ0) is 12.3. The molecule has 0 bridgehead atoms. The first-order valence-electron chi connectivity index (χ1n) is 5.82. The Hall–Kier alpha value is -1.55. The van der Waals surface area contributed by atoms with Crippen molar-refractivity contribution in [3.63, 3.8) is 0 Å². The third-order valence-electron chi connectivity index (χ3n) is 3.21. The highest BCUT2D eigenvalue weighted by Gasteiger charge is 2.23. The summed E-state index contributed by atoms with van der Waals surface area (Å²) in [6, 6.07) is 7.99. The number of benzene rings is 1. The van der Waals surface area contributed by atoms with Crippen LogP contribution in [-0.2, 0) is 4.79 Å². The second-order valence-electron chi connectivity index (χ2n) is 4.25. The van der Waals surface area contributed by atoms with E-state index in [-0.39, 0.29) is 11.9 Å². The van der Waals surface area contributed by atoms with Gasteiger partial charge in [0.2, 0.25) is 5.91 Å². The predicted molar refractivity (Wildman–Crippen MR) is 66.0 cm³/mol. The summed E-state index contributed by atoms with van der Waals surface area (Å²) in [6.45, 7) is 1.56. The number of methoxy groups -OCH3 is 1. The highest BCUT2D eigenvalue weighted by Crippen LogP contribution is 2.23. The van der Waals surface area contributed by atoms with Crippen molar-refractivity contribution in [1.29, 1.82) is 0 Å². The summed E-state index contributed by atoms with van der Waals surface area (Å²) >= 11 is 0. The van der Waals surface area contributed by atoms with Gasteiger partial charge in [-0.1, -0.05) is 12.1 Å². The highest BCUT2D eigenvalue weighted by atomic mass is 16.5. The lowest BCUT2D eigenvalue weighted by molar-refractivity contribution is -0.131. The molecule has 0 spiro atoms. The molecule has 1 fully saturated rings. The number of hydrogen-bond donors (Lipinski definition) is 1. The maximum absolute atomic E-state index is 11.8. The number of likely N-dealkylation sites (N-methyl/N-ethyl adjacent to an activating group) is 1. The first-order chi connectivity index (χ1) is 8.22. The van der Waals surface area contributed by atoms with Crippen molar-refractivity contribution in [3.05, 3.63) is 29.8 Å². The van der Waals surface area contributed by atoms with Crippen LogP contribution in [0.4, 0.5) is 0 Å². The summed E-state index contributed by atoms with van der Waals surface area (Å²) in [5.41, 5.74) is 1.14. The molecule has 1 unspecified atom stereocenters. The Morgan fingerprint density at radius 2 is 2.06 bits per heavy atom. The van der Waals surface area contributed by atoms with Crippen molar-refractivity contribution in [2.45, 2.75) is 12.5 Å². The summed E-state index contributed by atoms with van der Waals surface area (Å²) in [6.07, 6.45) is 0.573. The third-order valence-corrected chi connectivity index (χ3v) is 3.21. The number of rotatable bonds is 2. The van der Waals surface area contributed by atoms with Crippen LogP contribution in [0, 0.1) is 0 Å². The summed E-state index contributed by atoms with van der Waals surface area (Å²) in [5, 5.41) is 3.29. The van der Waals surface area contributed by atoms with Gasteiger partial charge in [0.1, 0.15) is 5.75 Å². The second kappa shape index (κ2) is 5.19. The Kier molecular flexibility index (Phi) is 3.64. The molecule has 1 aliphatic rings. The van der Waals surface area contributed by atoms with E-state index < -0.39 is 0 Å². The first kappa shape index (κ1) is 11.9. The highest BCUT2D eigenvalue weighted by molar-refractivity contribution is 5.77. The lowest BCUT2D eigenvalue weighted by Crippen LogP contribution is -2.32. The van der Waals surface area contributed by atoms with E-state index in [1.165, 1.54) is 0 Å². The molecular formula is C13H18N2O2. The second-order valence-corrected chi connectivity index (χ2v) is 4.25. The third kappa shape index (κ3) is 2.58. The molecule has 1 heterocycles. The van der Waals surface area contributed by atoms with Gasteiger partial charge in [0, 0.05) is 26.6 Å². The number of nitrogens with zero attached hydrogens (tertiary/aromatic N) is 1. The first-order valence-corrected chi connectivity index (χ1v) is 5.82. The van der Waals surface area contributed by atoms with Gasteiger partial charge in [0.15, 0.2) is 0 Å². The van der Waals surface area contributed by atoms with E-state index in [0.29, 0.717) is 6.42 Å². The zero-order valence-electron chi connectivity index (χ0n) is 10.3. The molecule has 1 aromatic carbocycles. The number of ether oxygens (including phenoxy) is 1. The maximum atomic E-state index is 11.8. The summed E-state index contributed by atoms with van der Waals surface area (Å²) in [7, 11) is 3.52. The van der Waals surface area contributed by atoms with Gasteiger partial charge in [-0.2, -0.15) is 0 Å². The Labute approximate surface area is 102 Å². The normalized spacial score (nSPS) is 21.2. The molecule has 1 N–H and O–H groups in total. The topological polar surface area (TPSA) is 41.6 Å². The average Bonchev–Trinajstić information content (AvgIpc) is 2.53. The van der Waals surface area contributed by atoms with Gasteiger partial charge in [-0.15, -0.1) is 0 Å². The van der Waals surface area contributed by atoms with Gasteiger partial charge >= 0.3 is 0 Å². The molecule has 0 radical (unpaired) electrons. The minimum absolute atomic E-state index is 0.107. The van der Waals surface area contributed by atoms with Crippen LogP contribution in [0.3, 0.4) is 0 Å². The molecular weight excluding hydrogens is 216 g/mol. The summed E-state index contributed by atoms with van der Waals surface area (Å²) in [5.74, 6) is 1.03. The molecule has 1 atom stereocenters. The monoisotopic (exact) mass is 234 g/mol. The number of nitrogens with one attached hydrogen (secondary N) is 1. The Bertz CT molecular complexity index is 389. The van der Waals surface area contributed by atoms with E-state index >= 15 is 0 Å². The number of carbonyl (C=O) groups is 1. The molecule has 1 saturated heterocycles. The van der Waals surface area contributed by atoms with Crippen LogP contribution in [-0.4, -0.2) is 38.1 Å². The van der Waals surface area contributed by atoms with E-state index in [1.807, 2.05) is 36.2 Å². The minimum atomic E-state index is 0.107. The van der Waals surface area contributed by atoms with E-state index in [2.05, 4.69) is 5.32 Å². The molecule has 92 valence electrons. The largest absolute Gasteiger partial charge is 0.497 e. The van der Waals surface area contributed by atoms with Gasteiger partial charge in [-0.3, -0.25) is 4.79 Å². The van der Waals surface area contributed by atoms with Crippen LogP contribution in [0.1, 0.15) is 18.0 Å². The number of carbonyl (C=O) groups excluding carboxylic acids is 1. The SMILES string of the molecule is COc1ccc(C2CNCCC(=O)N2C)cc1. The molecule has 0 aromatic heterocycles. The maximum Gasteiger partial charge on any atom is 0.224 e. The van der Waals surface area contributed by atoms with E-state index in [4.69, 9.17) is 4.74 Å². The van der Waals surface area contributed by atoms with Crippen LogP contribution in [0.2, 0.25) is 0 Å². The smallest absolute Gasteiger partial charge is 0.224 e. The Morgan fingerprint density at radius 1 is 1.35 bits per heavy atom. The van der Waals surface area contributed by atoms with Crippen LogP contribution >= 0.6 is 0 Å². The molecule has 1 aromatic rings. The number of amides is 1. The molecule has 0 aliphatic carbocycles. The van der Waals surface area contributed by atoms with Crippen molar-refractivity contribution in [1.82, 2.24) is 10.2 Å². The fourth-order valence-corrected chi connectivity index (χ4v) is 2.09. The van der Waals surface area contributed by atoms with Crippen LogP contribution in [0.5, 0.6) is 5.75 Å². The van der Waals surface area contributed by atoms with Gasteiger partial charge < -0.3 is 15.0 Å². The molecule has 4 heteroatoms. The lowest BCUT2D eigenvalue weighted by atomic mass is 10.1. The molecule has 1 amide bonds. The van der Waals surface area contributed by atoms with Gasteiger partial charge in [0.25, 0.3) is 0 Å². The average molecular weight is 234 g/mol. The molecule has 0 saturated carbocycles. The van der Waals surface area contributed by atoms with Gasteiger partial charge in [-0.25, -0.2) is 0 Å². The fraction of sp³-hybridized carbons (Fsp3) is 0.462. The minimum Gasteiger partial charge on any atom is -0.497 e. The van der Waals surface area contributed by atoms with Crippen molar-refractivity contribution in [3.8, 4) is 5.75 Å². The van der Waals surface area contributed by atoms with Crippen LogP contribution in [0.15, 0.2) is 24.3 Å². The molecule has 17 heavy (non-hydrogen) atoms. The van der Waals surface area contributed by atoms with Crippen LogP contribution in [0.25, 0.3) is 0 Å². The van der Waals surface area contributed by atoms with Gasteiger partial charge in [-0.05, 0) is 17.7 Å². The number of hydrogen-bond acceptors (Lipinski definition) is 3. The Morgan fingerprint density at radius 3 is 2.71 bits per heavy atom. The Balaban J connectivity index is 2.20. The fourth-order valence-electron chi connectivity index (χ4n) is 2.09. The summed E-state index contributed by atoms with van der Waals surface area (Å²) < 4.78 is 5.13. The molecule has 2 rings (SSSR count). The van der Waals surface area contributed by atoms with Gasteiger partial charge in [0.05, 0.1) is 13.2 Å². The van der Waals surface area contributed by atoms with Crippen molar-refractivity contribution >= 4 is 5.91 Å².